The van der Waals surface area contributed by atoms with E-state index in [1.165, 1.54) is 0 Å². The number of aliphatic hydroxyl groups excluding tert-OH is 1. The zero-order valence-electron chi connectivity index (χ0n) is 7.02. The Balaban J connectivity index is 2.83. The summed E-state index contributed by atoms with van der Waals surface area (Å²) in [6.45, 7) is -0.724. The maximum atomic E-state index is 11.0. The van der Waals surface area contributed by atoms with Gasteiger partial charge in [-0.25, -0.2) is 4.79 Å². The number of hydrogen-bond donors (Lipinski definition) is 2. The molecule has 0 radical (unpaired) electrons. The third-order valence-electron chi connectivity index (χ3n) is 1.88. The Morgan fingerprint density at radius 1 is 1.85 bits per heavy atom. The fourth-order valence-corrected chi connectivity index (χ4v) is 1.14. The molecule has 2 N–H and O–H groups in total. The van der Waals surface area contributed by atoms with E-state index in [-0.39, 0.29) is 0 Å². The van der Waals surface area contributed by atoms with Crippen LogP contribution in [0.15, 0.2) is 0 Å². The van der Waals surface area contributed by atoms with Gasteiger partial charge < -0.3 is 19.7 Å². The summed E-state index contributed by atoms with van der Waals surface area (Å²) in [5, 5.41) is 18.3. The van der Waals surface area contributed by atoms with Gasteiger partial charge in [0.05, 0.1) is 20.1 Å². The van der Waals surface area contributed by atoms with E-state index in [1.54, 1.807) is 0 Å². The Morgan fingerprint density at radius 2 is 2.46 bits per heavy atom. The second-order valence-electron chi connectivity index (χ2n) is 2.83. The molecule has 1 fully saturated rings. The first-order valence-corrected chi connectivity index (χ1v) is 3.64. The molecule has 0 spiro atoms. The van der Waals surface area contributed by atoms with E-state index in [4.69, 9.17) is 5.11 Å². The number of aliphatic hydroxyl groups is 2. The van der Waals surface area contributed by atoms with E-state index in [0.717, 1.165) is 7.11 Å². The Kier molecular flexibility index (Phi) is 2.53. The summed E-state index contributed by atoms with van der Waals surface area (Å²) in [4.78, 5) is 21.7. The summed E-state index contributed by atoms with van der Waals surface area (Å²) >= 11 is 0. The van der Waals surface area contributed by atoms with Gasteiger partial charge in [-0.2, -0.15) is 0 Å². The number of hydrogen-bond acceptors (Lipinski definition) is 6. The maximum absolute atomic E-state index is 11.0. The smallest absolute Gasteiger partial charge is 0.350 e. The maximum Gasteiger partial charge on any atom is 0.350 e. The lowest BCUT2D eigenvalue weighted by Gasteiger charge is -2.22. The predicted molar refractivity (Wildman–Crippen MR) is 38.5 cm³/mol. The van der Waals surface area contributed by atoms with Crippen LogP contribution < -0.4 is 0 Å². The molecule has 0 amide bonds. The molecule has 0 aromatic heterocycles. The highest BCUT2D eigenvalue weighted by Crippen LogP contribution is 2.27. The molecule has 1 aliphatic heterocycles. The molecule has 0 aromatic rings. The number of esters is 2. The molecule has 74 valence electrons. The summed E-state index contributed by atoms with van der Waals surface area (Å²) in [5.41, 5.74) is -1.84. The van der Waals surface area contributed by atoms with Crippen LogP contribution in [0.1, 0.15) is 6.42 Å². The first kappa shape index (κ1) is 9.94. The number of carbonyl (C=O) groups is 2. The molecular weight excluding hydrogens is 180 g/mol. The number of cyclic esters (lactones) is 1. The van der Waals surface area contributed by atoms with Crippen LogP contribution in [0.5, 0.6) is 0 Å². The average Bonchev–Trinajstić information content (AvgIpc) is 2.41. The molecule has 1 saturated heterocycles. The lowest BCUT2D eigenvalue weighted by molar-refractivity contribution is -0.169. The Labute approximate surface area is 74.1 Å². The van der Waals surface area contributed by atoms with E-state index in [9.17, 15) is 14.7 Å². The van der Waals surface area contributed by atoms with E-state index in [1.807, 2.05) is 0 Å². The van der Waals surface area contributed by atoms with Crippen LogP contribution in [-0.4, -0.2) is 47.6 Å². The van der Waals surface area contributed by atoms with E-state index >= 15 is 0 Å². The zero-order chi connectivity index (χ0) is 10.1. The van der Waals surface area contributed by atoms with Crippen LogP contribution in [0.4, 0.5) is 0 Å². The van der Waals surface area contributed by atoms with Crippen molar-refractivity contribution in [2.45, 2.75) is 18.1 Å². The van der Waals surface area contributed by atoms with Crippen LogP contribution in [0, 0.1) is 0 Å². The number of ether oxygens (including phenoxy) is 2. The summed E-state index contributed by atoms with van der Waals surface area (Å²) in [7, 11) is 1.10. The van der Waals surface area contributed by atoms with Gasteiger partial charge in [0.2, 0.25) is 6.10 Å². The molecular formula is C7H10O6. The quantitative estimate of drug-likeness (QED) is 0.499. The predicted octanol–water partition coefficient (Wildman–Crippen LogP) is -1.80. The average molecular weight is 190 g/mol. The lowest BCUT2D eigenvalue weighted by atomic mass is 9.97. The molecule has 6 heteroatoms. The second kappa shape index (κ2) is 3.31. The molecule has 1 heterocycles. The lowest BCUT2D eigenvalue weighted by Crippen LogP contribution is -2.46. The van der Waals surface area contributed by atoms with Gasteiger partial charge in [0.15, 0.2) is 0 Å². The first-order chi connectivity index (χ1) is 6.03. The van der Waals surface area contributed by atoms with Gasteiger partial charge in [0, 0.05) is 0 Å². The third kappa shape index (κ3) is 1.63. The summed E-state index contributed by atoms with van der Waals surface area (Å²) in [5.74, 6) is -1.60. The van der Waals surface area contributed by atoms with Crippen molar-refractivity contribution in [3.8, 4) is 0 Å². The first-order valence-electron chi connectivity index (χ1n) is 3.64. The summed E-state index contributed by atoms with van der Waals surface area (Å²) < 4.78 is 8.79. The molecule has 0 aliphatic carbocycles. The highest BCUT2D eigenvalue weighted by atomic mass is 16.6. The number of methoxy groups -OCH3 is 1. The Bertz CT molecular complexity index is 237. The van der Waals surface area contributed by atoms with Crippen LogP contribution in [0.3, 0.4) is 0 Å². The second-order valence-corrected chi connectivity index (χ2v) is 2.83. The topological polar surface area (TPSA) is 93.1 Å². The molecule has 1 rings (SSSR count). The van der Waals surface area contributed by atoms with Gasteiger partial charge in [-0.15, -0.1) is 0 Å². The fourth-order valence-electron chi connectivity index (χ4n) is 1.14. The summed E-state index contributed by atoms with van der Waals surface area (Å²) in [6.07, 6.45) is -1.82. The van der Waals surface area contributed by atoms with Crippen LogP contribution in [0.2, 0.25) is 0 Å². The standard InChI is InChI=1S/C7H10O6/c1-12-6(10)5-7(11,3-8)2-4(9)13-5/h5,8,11H,2-3H2,1H3/t5-,7-/m1/s1. The molecule has 0 unspecified atom stereocenters. The van der Waals surface area contributed by atoms with E-state index < -0.39 is 36.7 Å². The van der Waals surface area contributed by atoms with Gasteiger partial charge in [-0.1, -0.05) is 0 Å². The molecule has 0 saturated carbocycles. The van der Waals surface area contributed by atoms with Crippen LogP contribution >= 0.6 is 0 Å². The van der Waals surface area contributed by atoms with E-state index in [2.05, 4.69) is 9.47 Å². The molecule has 0 bridgehead atoms. The number of carbonyl (C=O) groups excluding carboxylic acids is 2. The Morgan fingerprint density at radius 3 is 2.92 bits per heavy atom. The van der Waals surface area contributed by atoms with Gasteiger partial charge in [-0.05, 0) is 0 Å². The van der Waals surface area contributed by atoms with Crippen molar-refractivity contribution in [1.29, 1.82) is 0 Å². The monoisotopic (exact) mass is 190 g/mol. The van der Waals surface area contributed by atoms with Crippen molar-refractivity contribution >= 4 is 11.9 Å². The normalized spacial score (nSPS) is 32.8. The molecule has 2 atom stereocenters. The van der Waals surface area contributed by atoms with Crippen molar-refractivity contribution in [3.05, 3.63) is 0 Å². The molecule has 0 aromatic carbocycles. The van der Waals surface area contributed by atoms with E-state index in [0.29, 0.717) is 0 Å². The van der Waals surface area contributed by atoms with Crippen molar-refractivity contribution in [3.63, 3.8) is 0 Å². The van der Waals surface area contributed by atoms with Gasteiger partial charge in [0.25, 0.3) is 0 Å². The minimum atomic E-state index is -1.84. The third-order valence-corrected chi connectivity index (χ3v) is 1.88. The van der Waals surface area contributed by atoms with Crippen molar-refractivity contribution in [2.75, 3.05) is 13.7 Å². The molecule has 13 heavy (non-hydrogen) atoms. The Hall–Kier alpha value is -1.14. The minimum absolute atomic E-state index is 0.400. The van der Waals surface area contributed by atoms with Gasteiger partial charge in [-0.3, -0.25) is 4.79 Å². The molecule has 1 aliphatic rings. The van der Waals surface area contributed by atoms with Gasteiger partial charge in [0.1, 0.15) is 5.60 Å². The highest BCUT2D eigenvalue weighted by Gasteiger charge is 2.52. The highest BCUT2D eigenvalue weighted by molar-refractivity contribution is 5.85. The van der Waals surface area contributed by atoms with Crippen molar-refractivity contribution in [2.24, 2.45) is 0 Å². The minimum Gasteiger partial charge on any atom is -0.466 e. The zero-order valence-corrected chi connectivity index (χ0v) is 7.02. The summed E-state index contributed by atoms with van der Waals surface area (Å²) in [6, 6.07) is 0. The largest absolute Gasteiger partial charge is 0.466 e. The van der Waals surface area contributed by atoms with Crippen molar-refractivity contribution in [1.82, 2.24) is 0 Å². The van der Waals surface area contributed by atoms with Crippen LogP contribution in [0.25, 0.3) is 0 Å². The van der Waals surface area contributed by atoms with Crippen LogP contribution in [-0.2, 0) is 19.1 Å². The van der Waals surface area contributed by atoms with Gasteiger partial charge >= 0.3 is 11.9 Å². The fraction of sp³-hybridized carbons (Fsp3) is 0.714. The van der Waals surface area contributed by atoms with Crippen molar-refractivity contribution < 1.29 is 29.3 Å². The SMILES string of the molecule is COC(=O)[C@H]1OC(=O)C[C@@]1(O)CO. The molecule has 6 nitrogen and oxygen atoms in total. The number of rotatable bonds is 2.